The van der Waals surface area contributed by atoms with Crippen LogP contribution in [0.15, 0.2) is 18.2 Å². The van der Waals surface area contributed by atoms with Crippen molar-refractivity contribution in [3.05, 3.63) is 35.4 Å². The maximum absolute atomic E-state index is 13.5. The first-order valence-electron chi connectivity index (χ1n) is 7.15. The Kier molecular flexibility index (Phi) is 5.25. The minimum absolute atomic E-state index is 0.0443. The molecule has 1 saturated heterocycles. The maximum Gasteiger partial charge on any atom is 0.254 e. The van der Waals surface area contributed by atoms with Crippen molar-refractivity contribution >= 4 is 17.7 Å². The lowest BCUT2D eigenvalue weighted by atomic mass is 10.2. The van der Waals surface area contributed by atoms with Crippen molar-refractivity contribution in [1.82, 2.24) is 15.1 Å². The normalized spacial score (nSPS) is 14.6. The van der Waals surface area contributed by atoms with Crippen LogP contribution < -0.4 is 5.32 Å². The third-order valence-corrected chi connectivity index (χ3v) is 3.65. The molecular weight excluding hydrogens is 308 g/mol. The minimum atomic E-state index is -0.981. The molecule has 0 spiro atoms. The number of rotatable bonds is 3. The number of nitrogens with zero attached hydrogens (tertiary/aromatic N) is 2. The van der Waals surface area contributed by atoms with Crippen molar-refractivity contribution in [2.75, 3.05) is 32.7 Å². The van der Waals surface area contributed by atoms with Crippen LogP contribution in [0.3, 0.4) is 0 Å². The number of nitrogens with one attached hydrogen (secondary N) is 1. The molecular formula is C15H17F2N3O3. The molecule has 0 unspecified atom stereocenters. The van der Waals surface area contributed by atoms with E-state index in [4.69, 9.17) is 0 Å². The van der Waals surface area contributed by atoms with Gasteiger partial charge in [-0.25, -0.2) is 8.78 Å². The van der Waals surface area contributed by atoms with Crippen LogP contribution in [0.1, 0.15) is 17.3 Å². The molecule has 1 aromatic carbocycles. The van der Waals surface area contributed by atoms with E-state index in [-0.39, 0.29) is 23.9 Å². The molecule has 0 radical (unpaired) electrons. The first-order valence-corrected chi connectivity index (χ1v) is 7.15. The van der Waals surface area contributed by atoms with E-state index in [1.54, 1.807) is 4.90 Å². The highest BCUT2D eigenvalue weighted by atomic mass is 19.1. The molecule has 1 aromatic rings. The van der Waals surface area contributed by atoms with Crippen molar-refractivity contribution in [1.29, 1.82) is 0 Å². The molecule has 0 bridgehead atoms. The van der Waals surface area contributed by atoms with Gasteiger partial charge in [-0.1, -0.05) is 0 Å². The molecule has 1 aliphatic heterocycles. The van der Waals surface area contributed by atoms with Crippen molar-refractivity contribution in [2.45, 2.75) is 6.92 Å². The molecule has 8 heteroatoms. The van der Waals surface area contributed by atoms with Crippen LogP contribution in [-0.4, -0.2) is 60.2 Å². The third kappa shape index (κ3) is 4.24. The Morgan fingerprint density at radius 1 is 1.09 bits per heavy atom. The summed E-state index contributed by atoms with van der Waals surface area (Å²) in [5.41, 5.74) is -0.319. The van der Waals surface area contributed by atoms with E-state index >= 15 is 0 Å². The van der Waals surface area contributed by atoms with E-state index < -0.39 is 17.5 Å². The zero-order valence-electron chi connectivity index (χ0n) is 12.6. The van der Waals surface area contributed by atoms with Gasteiger partial charge in [0.25, 0.3) is 5.91 Å². The molecule has 0 atom stereocenters. The Labute approximate surface area is 132 Å². The van der Waals surface area contributed by atoms with Gasteiger partial charge in [-0.2, -0.15) is 0 Å². The topological polar surface area (TPSA) is 69.7 Å². The number of benzene rings is 1. The van der Waals surface area contributed by atoms with Crippen LogP contribution in [0.2, 0.25) is 0 Å². The summed E-state index contributed by atoms with van der Waals surface area (Å²) >= 11 is 0. The lowest BCUT2D eigenvalue weighted by molar-refractivity contribution is -0.137. The number of piperazine rings is 1. The van der Waals surface area contributed by atoms with Gasteiger partial charge in [-0.3, -0.25) is 14.4 Å². The summed E-state index contributed by atoms with van der Waals surface area (Å²) in [5, 5.41) is 2.32. The summed E-state index contributed by atoms with van der Waals surface area (Å²) in [6.45, 7) is 2.85. The van der Waals surface area contributed by atoms with Gasteiger partial charge in [0.2, 0.25) is 11.8 Å². The predicted octanol–water partition coefficient (Wildman–Crippen LogP) is 0.385. The fourth-order valence-electron chi connectivity index (χ4n) is 2.31. The highest BCUT2D eigenvalue weighted by Gasteiger charge is 2.23. The van der Waals surface area contributed by atoms with E-state index in [2.05, 4.69) is 5.32 Å². The van der Waals surface area contributed by atoms with Crippen molar-refractivity contribution in [3.8, 4) is 0 Å². The average molecular weight is 325 g/mol. The van der Waals surface area contributed by atoms with E-state index in [1.165, 1.54) is 11.8 Å². The summed E-state index contributed by atoms with van der Waals surface area (Å²) in [7, 11) is 0. The molecule has 2 rings (SSSR count). The molecule has 3 amide bonds. The fraction of sp³-hybridized carbons (Fsp3) is 0.400. The highest BCUT2D eigenvalue weighted by Crippen LogP contribution is 2.09. The van der Waals surface area contributed by atoms with Crippen molar-refractivity contribution < 1.29 is 23.2 Å². The Hall–Kier alpha value is -2.51. The maximum atomic E-state index is 13.5. The van der Waals surface area contributed by atoms with Gasteiger partial charge in [0.15, 0.2) is 0 Å². The SMILES string of the molecule is CC(=O)N1CCN(C(=O)CNC(=O)c2ccc(F)cc2F)CC1. The van der Waals surface area contributed by atoms with E-state index in [0.29, 0.717) is 32.2 Å². The standard InChI is InChI=1S/C15H17F2N3O3/c1-10(21)19-4-6-20(7-5-19)14(22)9-18-15(23)12-3-2-11(16)8-13(12)17/h2-3,8H,4-7,9H2,1H3,(H,18,23). The van der Waals surface area contributed by atoms with Crippen LogP contribution in [0.5, 0.6) is 0 Å². The van der Waals surface area contributed by atoms with Gasteiger partial charge in [0, 0.05) is 39.2 Å². The molecule has 0 saturated carbocycles. The third-order valence-electron chi connectivity index (χ3n) is 3.65. The Morgan fingerprint density at radius 2 is 1.70 bits per heavy atom. The lowest BCUT2D eigenvalue weighted by Gasteiger charge is -2.34. The first kappa shape index (κ1) is 16.9. The summed E-state index contributed by atoms with van der Waals surface area (Å²) in [6.07, 6.45) is 0. The van der Waals surface area contributed by atoms with Crippen LogP contribution in [0.4, 0.5) is 8.78 Å². The van der Waals surface area contributed by atoms with Crippen LogP contribution in [0.25, 0.3) is 0 Å². The molecule has 1 N–H and O–H groups in total. The quantitative estimate of drug-likeness (QED) is 0.874. The lowest BCUT2D eigenvalue weighted by Crippen LogP contribution is -2.52. The first-order chi connectivity index (χ1) is 10.9. The number of halogens is 2. The minimum Gasteiger partial charge on any atom is -0.343 e. The number of amides is 3. The molecule has 1 aliphatic rings. The van der Waals surface area contributed by atoms with Gasteiger partial charge >= 0.3 is 0 Å². The number of carbonyl (C=O) groups excluding carboxylic acids is 3. The van der Waals surface area contributed by atoms with Crippen LogP contribution >= 0.6 is 0 Å². The summed E-state index contributed by atoms with van der Waals surface area (Å²) < 4.78 is 26.3. The monoisotopic (exact) mass is 325 g/mol. The summed E-state index contributed by atoms with van der Waals surface area (Å²) in [6, 6.07) is 2.61. The molecule has 23 heavy (non-hydrogen) atoms. The van der Waals surface area contributed by atoms with E-state index in [0.717, 1.165) is 12.1 Å². The van der Waals surface area contributed by atoms with Gasteiger partial charge in [-0.15, -0.1) is 0 Å². The van der Waals surface area contributed by atoms with E-state index in [9.17, 15) is 23.2 Å². The average Bonchev–Trinajstić information content (AvgIpc) is 2.52. The zero-order chi connectivity index (χ0) is 17.0. The van der Waals surface area contributed by atoms with Crippen molar-refractivity contribution in [3.63, 3.8) is 0 Å². The fourth-order valence-corrected chi connectivity index (χ4v) is 2.31. The number of carbonyl (C=O) groups is 3. The Balaban J connectivity index is 1.85. The van der Waals surface area contributed by atoms with Gasteiger partial charge < -0.3 is 15.1 Å². The number of hydrogen-bond donors (Lipinski definition) is 1. The van der Waals surface area contributed by atoms with Gasteiger partial charge in [-0.05, 0) is 12.1 Å². The molecule has 1 fully saturated rings. The highest BCUT2D eigenvalue weighted by molar-refractivity contribution is 5.96. The largest absolute Gasteiger partial charge is 0.343 e. The number of hydrogen-bond acceptors (Lipinski definition) is 3. The molecule has 124 valence electrons. The Morgan fingerprint density at radius 3 is 2.26 bits per heavy atom. The van der Waals surface area contributed by atoms with Crippen LogP contribution in [-0.2, 0) is 9.59 Å². The van der Waals surface area contributed by atoms with Gasteiger partial charge in [0.1, 0.15) is 11.6 Å². The van der Waals surface area contributed by atoms with E-state index in [1.807, 2.05) is 0 Å². The molecule has 0 aromatic heterocycles. The molecule has 0 aliphatic carbocycles. The predicted molar refractivity (Wildman–Crippen MR) is 77.5 cm³/mol. The Bertz CT molecular complexity index is 628. The second-order valence-corrected chi connectivity index (χ2v) is 5.19. The van der Waals surface area contributed by atoms with Gasteiger partial charge in [0.05, 0.1) is 12.1 Å². The summed E-state index contributed by atoms with van der Waals surface area (Å²) in [4.78, 5) is 38.2. The smallest absolute Gasteiger partial charge is 0.254 e. The second-order valence-electron chi connectivity index (χ2n) is 5.19. The second kappa shape index (κ2) is 7.17. The van der Waals surface area contributed by atoms with Crippen LogP contribution in [0, 0.1) is 11.6 Å². The van der Waals surface area contributed by atoms with Crippen molar-refractivity contribution in [2.24, 2.45) is 0 Å². The molecule has 6 nitrogen and oxygen atoms in total. The summed E-state index contributed by atoms with van der Waals surface area (Å²) in [5.74, 6) is -2.90. The molecule has 1 heterocycles. The zero-order valence-corrected chi connectivity index (χ0v) is 12.6.